The number of rotatable bonds is 8. The lowest BCUT2D eigenvalue weighted by Crippen LogP contribution is -2.33. The van der Waals surface area contributed by atoms with Crippen molar-refractivity contribution in [2.45, 2.75) is 64.7 Å². The molecule has 0 aromatic rings. The highest BCUT2D eigenvalue weighted by molar-refractivity contribution is 5.89. The zero-order valence-corrected chi connectivity index (χ0v) is 13.9. The van der Waals surface area contributed by atoms with Crippen molar-refractivity contribution in [1.82, 2.24) is 10.2 Å². The van der Waals surface area contributed by atoms with Gasteiger partial charge in [-0.1, -0.05) is 31.4 Å². The van der Waals surface area contributed by atoms with Gasteiger partial charge in [0, 0.05) is 26.1 Å². The van der Waals surface area contributed by atoms with Crippen LogP contribution in [0.5, 0.6) is 0 Å². The van der Waals surface area contributed by atoms with Gasteiger partial charge < -0.3 is 10.2 Å². The number of allylic oxidation sites excluding steroid dienone is 1. The normalized spacial score (nSPS) is 21.9. The Hall–Kier alpha value is -1.32. The smallest absolute Gasteiger partial charge is 0.225 e. The van der Waals surface area contributed by atoms with Crippen molar-refractivity contribution in [3.8, 4) is 0 Å². The number of amides is 2. The molecule has 0 spiro atoms. The summed E-state index contributed by atoms with van der Waals surface area (Å²) >= 11 is 0. The van der Waals surface area contributed by atoms with Crippen LogP contribution in [0.25, 0.3) is 0 Å². The van der Waals surface area contributed by atoms with Crippen LogP contribution < -0.4 is 5.32 Å². The summed E-state index contributed by atoms with van der Waals surface area (Å²) in [5.41, 5.74) is 1.49. The van der Waals surface area contributed by atoms with Gasteiger partial charge in [0.2, 0.25) is 11.8 Å². The van der Waals surface area contributed by atoms with E-state index >= 15 is 0 Å². The van der Waals surface area contributed by atoms with Crippen LogP contribution in [0.15, 0.2) is 11.6 Å². The topological polar surface area (TPSA) is 49.4 Å². The summed E-state index contributed by atoms with van der Waals surface area (Å²) in [5.74, 6) is 0.0587. The number of nitrogens with one attached hydrogen (secondary N) is 1. The van der Waals surface area contributed by atoms with Crippen LogP contribution in [0.3, 0.4) is 0 Å². The fourth-order valence-corrected chi connectivity index (χ4v) is 3.31. The van der Waals surface area contributed by atoms with Crippen molar-refractivity contribution in [3.63, 3.8) is 0 Å². The lowest BCUT2D eigenvalue weighted by Gasteiger charge is -2.19. The van der Waals surface area contributed by atoms with Gasteiger partial charge in [0.05, 0.1) is 5.92 Å². The summed E-state index contributed by atoms with van der Waals surface area (Å²) in [4.78, 5) is 26.0. The monoisotopic (exact) mass is 306 g/mol. The molecule has 1 aliphatic heterocycles. The largest absolute Gasteiger partial charge is 0.356 e. The summed E-state index contributed by atoms with van der Waals surface area (Å²) < 4.78 is 0. The molecule has 4 heteroatoms. The first-order valence-corrected chi connectivity index (χ1v) is 8.94. The van der Waals surface area contributed by atoms with Crippen LogP contribution in [0.4, 0.5) is 0 Å². The summed E-state index contributed by atoms with van der Waals surface area (Å²) in [6.45, 7) is 4.28. The summed E-state index contributed by atoms with van der Waals surface area (Å²) in [6.07, 6.45) is 12.0. The lowest BCUT2D eigenvalue weighted by atomic mass is 9.97. The van der Waals surface area contributed by atoms with Crippen molar-refractivity contribution < 1.29 is 9.59 Å². The van der Waals surface area contributed by atoms with Crippen molar-refractivity contribution >= 4 is 11.8 Å². The van der Waals surface area contributed by atoms with E-state index in [-0.39, 0.29) is 17.7 Å². The van der Waals surface area contributed by atoms with Crippen molar-refractivity contribution in [1.29, 1.82) is 0 Å². The Morgan fingerprint density at radius 3 is 2.95 bits per heavy atom. The summed E-state index contributed by atoms with van der Waals surface area (Å²) in [7, 11) is 0. The van der Waals surface area contributed by atoms with Gasteiger partial charge in [-0.05, 0) is 38.5 Å². The van der Waals surface area contributed by atoms with Gasteiger partial charge in [-0.2, -0.15) is 0 Å². The van der Waals surface area contributed by atoms with Crippen LogP contribution in [-0.4, -0.2) is 36.3 Å². The predicted octanol–water partition coefficient (Wildman–Crippen LogP) is 3.03. The van der Waals surface area contributed by atoms with Gasteiger partial charge >= 0.3 is 0 Å². The highest BCUT2D eigenvalue weighted by Crippen LogP contribution is 2.23. The van der Waals surface area contributed by atoms with E-state index in [0.29, 0.717) is 13.0 Å². The van der Waals surface area contributed by atoms with Crippen LogP contribution >= 0.6 is 0 Å². The first-order chi connectivity index (χ1) is 10.7. The molecule has 2 aliphatic rings. The fourth-order valence-electron chi connectivity index (χ4n) is 3.31. The second-order valence-corrected chi connectivity index (χ2v) is 6.60. The van der Waals surface area contributed by atoms with Crippen LogP contribution in [0.1, 0.15) is 64.7 Å². The molecular weight excluding hydrogens is 276 g/mol. The van der Waals surface area contributed by atoms with Gasteiger partial charge in [0.1, 0.15) is 0 Å². The zero-order valence-electron chi connectivity index (χ0n) is 13.9. The predicted molar refractivity (Wildman–Crippen MR) is 88.4 cm³/mol. The zero-order chi connectivity index (χ0) is 15.8. The minimum Gasteiger partial charge on any atom is -0.356 e. The van der Waals surface area contributed by atoms with E-state index in [2.05, 4.69) is 18.3 Å². The third kappa shape index (κ3) is 5.15. The molecule has 0 bridgehead atoms. The highest BCUT2D eigenvalue weighted by atomic mass is 16.2. The molecule has 1 unspecified atom stereocenters. The fraction of sp³-hybridized carbons (Fsp3) is 0.778. The molecule has 0 radical (unpaired) electrons. The average molecular weight is 306 g/mol. The molecule has 0 aromatic carbocycles. The van der Waals surface area contributed by atoms with Gasteiger partial charge in [-0.15, -0.1) is 0 Å². The van der Waals surface area contributed by atoms with Crippen molar-refractivity contribution in [2.24, 2.45) is 5.92 Å². The maximum Gasteiger partial charge on any atom is 0.225 e. The van der Waals surface area contributed by atoms with Crippen LogP contribution in [-0.2, 0) is 9.59 Å². The first-order valence-electron chi connectivity index (χ1n) is 8.94. The van der Waals surface area contributed by atoms with E-state index in [9.17, 15) is 9.59 Å². The van der Waals surface area contributed by atoms with E-state index in [1.807, 2.05) is 4.90 Å². The standard InChI is InChI=1S/C18H30N2O2/c1-2-3-7-11-19-18(22)16-13-17(21)20(14-16)12-10-15-8-5-4-6-9-15/h8,16H,2-7,9-14H2,1H3,(H,19,22). The molecule has 1 saturated heterocycles. The molecule has 1 aliphatic carbocycles. The number of nitrogens with zero attached hydrogens (tertiary/aromatic N) is 1. The average Bonchev–Trinajstić information content (AvgIpc) is 2.91. The van der Waals surface area contributed by atoms with Gasteiger partial charge in [-0.25, -0.2) is 0 Å². The first kappa shape index (κ1) is 17.0. The number of unbranched alkanes of at least 4 members (excludes halogenated alkanes) is 2. The number of hydrogen-bond acceptors (Lipinski definition) is 2. The third-order valence-corrected chi connectivity index (χ3v) is 4.75. The maximum atomic E-state index is 12.1. The number of carbonyl (C=O) groups excluding carboxylic acids is 2. The van der Waals surface area contributed by atoms with E-state index < -0.39 is 0 Å². The summed E-state index contributed by atoms with van der Waals surface area (Å²) in [5, 5.41) is 2.98. The molecule has 22 heavy (non-hydrogen) atoms. The highest BCUT2D eigenvalue weighted by Gasteiger charge is 2.33. The molecule has 1 fully saturated rings. The molecule has 0 aromatic heterocycles. The maximum absolute atomic E-state index is 12.1. The number of carbonyl (C=O) groups is 2. The molecule has 2 amide bonds. The minimum atomic E-state index is -0.144. The Kier molecular flexibility index (Phi) is 6.94. The summed E-state index contributed by atoms with van der Waals surface area (Å²) in [6, 6.07) is 0. The Balaban J connectivity index is 1.70. The third-order valence-electron chi connectivity index (χ3n) is 4.75. The van der Waals surface area contributed by atoms with Crippen LogP contribution in [0.2, 0.25) is 0 Å². The molecule has 2 rings (SSSR count). The Morgan fingerprint density at radius 2 is 2.23 bits per heavy atom. The van der Waals surface area contributed by atoms with Crippen molar-refractivity contribution in [2.75, 3.05) is 19.6 Å². The molecular formula is C18H30N2O2. The number of hydrogen-bond donors (Lipinski definition) is 1. The molecule has 0 saturated carbocycles. The second-order valence-electron chi connectivity index (χ2n) is 6.60. The quantitative estimate of drug-likeness (QED) is 0.553. The molecule has 124 valence electrons. The van der Waals surface area contributed by atoms with Crippen molar-refractivity contribution in [3.05, 3.63) is 11.6 Å². The van der Waals surface area contributed by atoms with Gasteiger partial charge in [0.15, 0.2) is 0 Å². The molecule has 1 atom stereocenters. The Morgan fingerprint density at radius 1 is 1.36 bits per heavy atom. The van der Waals surface area contributed by atoms with Gasteiger partial charge in [-0.3, -0.25) is 9.59 Å². The van der Waals surface area contributed by atoms with E-state index in [1.54, 1.807) is 0 Å². The SMILES string of the molecule is CCCCCNC(=O)C1CC(=O)N(CCC2=CCCCC2)C1. The minimum absolute atomic E-state index is 0.0591. The van der Waals surface area contributed by atoms with E-state index in [1.165, 1.54) is 31.3 Å². The van der Waals surface area contributed by atoms with E-state index in [0.717, 1.165) is 38.8 Å². The molecule has 1 heterocycles. The molecule has 1 N–H and O–H groups in total. The van der Waals surface area contributed by atoms with Gasteiger partial charge in [0.25, 0.3) is 0 Å². The molecule has 4 nitrogen and oxygen atoms in total. The van der Waals surface area contributed by atoms with E-state index in [4.69, 9.17) is 0 Å². The Bertz CT molecular complexity index is 417. The second kappa shape index (κ2) is 8.96. The Labute approximate surface area is 134 Å². The lowest BCUT2D eigenvalue weighted by molar-refractivity contribution is -0.129. The number of likely N-dealkylation sites (tertiary alicyclic amines) is 1. The van der Waals surface area contributed by atoms with Crippen LogP contribution in [0, 0.1) is 5.92 Å².